The molecule has 252 valence electrons. The van der Waals surface area contributed by atoms with Crippen molar-refractivity contribution in [3.8, 4) is 22.3 Å². The summed E-state index contributed by atoms with van der Waals surface area (Å²) >= 11 is 1.89. The molecule has 10 aromatic rings. The Kier molecular flexibility index (Phi) is 6.42. The molecule has 1 aliphatic rings. The number of aromatic nitrogens is 1. The molecule has 2 nitrogen and oxygen atoms in total. The minimum Gasteiger partial charge on any atom is -0.344 e. The maximum absolute atomic E-state index is 2.55. The maximum atomic E-state index is 2.55. The molecule has 0 saturated heterocycles. The van der Waals surface area contributed by atoms with E-state index in [-0.39, 0.29) is 5.41 Å². The number of benzene rings is 8. The average molecular weight is 697 g/mol. The van der Waals surface area contributed by atoms with E-state index in [9.17, 15) is 0 Å². The minimum atomic E-state index is -0.205. The largest absolute Gasteiger partial charge is 0.344 e. The van der Waals surface area contributed by atoms with Gasteiger partial charge in [0, 0.05) is 60.8 Å². The third-order valence-electron chi connectivity index (χ3n) is 11.8. The molecule has 0 N–H and O–H groups in total. The van der Waals surface area contributed by atoms with Gasteiger partial charge in [-0.15, -0.1) is 11.3 Å². The molecule has 0 spiro atoms. The molecule has 0 amide bonds. The second-order valence-electron chi connectivity index (χ2n) is 15.0. The zero-order chi connectivity index (χ0) is 35.4. The van der Waals surface area contributed by atoms with E-state index in [4.69, 9.17) is 0 Å². The van der Waals surface area contributed by atoms with Crippen LogP contribution in [0.4, 0.5) is 17.1 Å². The molecular weight excluding hydrogens is 661 g/mol. The van der Waals surface area contributed by atoms with Crippen molar-refractivity contribution in [1.82, 2.24) is 4.57 Å². The molecule has 0 atom stereocenters. The molecule has 1 aliphatic carbocycles. The van der Waals surface area contributed by atoms with Crippen LogP contribution >= 0.6 is 11.3 Å². The second kappa shape index (κ2) is 11.2. The highest BCUT2D eigenvalue weighted by Gasteiger charge is 2.38. The van der Waals surface area contributed by atoms with Crippen molar-refractivity contribution in [1.29, 1.82) is 0 Å². The van der Waals surface area contributed by atoms with E-state index in [0.29, 0.717) is 0 Å². The number of fused-ring (bicyclic) bond motifs is 11. The number of anilines is 3. The van der Waals surface area contributed by atoms with E-state index in [1.54, 1.807) is 0 Å². The molecule has 0 unspecified atom stereocenters. The lowest BCUT2D eigenvalue weighted by Gasteiger charge is -2.30. The van der Waals surface area contributed by atoms with E-state index < -0.39 is 0 Å². The molecule has 2 aromatic heterocycles. The molecule has 53 heavy (non-hydrogen) atoms. The number of nitrogens with zero attached hydrogens (tertiary/aromatic N) is 2. The number of para-hydroxylation sites is 1. The van der Waals surface area contributed by atoms with Gasteiger partial charge in [0.05, 0.1) is 16.1 Å². The summed E-state index contributed by atoms with van der Waals surface area (Å²) in [6.45, 7) is 4.81. The van der Waals surface area contributed by atoms with Crippen molar-refractivity contribution in [2.24, 2.45) is 7.05 Å². The van der Waals surface area contributed by atoms with Gasteiger partial charge in [0.15, 0.2) is 0 Å². The van der Waals surface area contributed by atoms with E-state index in [2.05, 4.69) is 194 Å². The lowest BCUT2D eigenvalue weighted by atomic mass is 9.81. The normalized spacial score (nSPS) is 13.3. The van der Waals surface area contributed by atoms with Crippen molar-refractivity contribution in [3.05, 3.63) is 175 Å². The van der Waals surface area contributed by atoms with Gasteiger partial charge in [0.25, 0.3) is 0 Å². The summed E-state index contributed by atoms with van der Waals surface area (Å²) in [6.07, 6.45) is 0. The first-order valence-corrected chi connectivity index (χ1v) is 19.2. The van der Waals surface area contributed by atoms with Gasteiger partial charge in [0.2, 0.25) is 0 Å². The Balaban J connectivity index is 1.22. The van der Waals surface area contributed by atoms with Gasteiger partial charge >= 0.3 is 0 Å². The highest BCUT2D eigenvalue weighted by atomic mass is 32.1. The fourth-order valence-corrected chi connectivity index (χ4v) is 10.4. The van der Waals surface area contributed by atoms with Crippen LogP contribution < -0.4 is 4.90 Å². The fraction of sp³-hybridized carbons (Fsp3) is 0.0800. The van der Waals surface area contributed by atoms with Gasteiger partial charge in [-0.2, -0.15) is 0 Å². The topological polar surface area (TPSA) is 8.17 Å². The second-order valence-corrected chi connectivity index (χ2v) is 16.0. The lowest BCUT2D eigenvalue weighted by Crippen LogP contribution is -2.17. The third kappa shape index (κ3) is 4.32. The zero-order valence-corrected chi connectivity index (χ0v) is 30.7. The zero-order valence-electron chi connectivity index (χ0n) is 29.9. The smallest absolute Gasteiger partial charge is 0.0640 e. The van der Waals surface area contributed by atoms with Gasteiger partial charge in [0.1, 0.15) is 0 Å². The number of thiophene rings is 1. The van der Waals surface area contributed by atoms with Crippen LogP contribution in [0.25, 0.3) is 75.0 Å². The van der Waals surface area contributed by atoms with Gasteiger partial charge in [-0.25, -0.2) is 0 Å². The Labute approximate surface area is 312 Å². The molecule has 0 fully saturated rings. The molecular formula is C50H36N2S. The standard InChI is InChI=1S/C50H36N2S/c1-50(2)41-28-32(31-14-5-4-6-15-31)24-26-39(41)48-37-19-8-7-16-34(37)46(30-42(48)50)52(45-22-13-20-38-36-18-10-12-23-47(36)53-49(38)45)33-25-27-44-40(29-33)35-17-9-11-21-43(35)51(44)3/h4-30H,1-3H3. The maximum Gasteiger partial charge on any atom is 0.0640 e. The van der Waals surface area contributed by atoms with E-state index in [1.165, 1.54) is 97.5 Å². The number of rotatable bonds is 4. The van der Waals surface area contributed by atoms with E-state index >= 15 is 0 Å². The molecule has 2 heterocycles. The van der Waals surface area contributed by atoms with E-state index in [0.717, 1.165) is 5.69 Å². The molecule has 0 aliphatic heterocycles. The lowest BCUT2D eigenvalue weighted by molar-refractivity contribution is 0.661. The van der Waals surface area contributed by atoms with Crippen molar-refractivity contribution >= 4 is 81.1 Å². The molecule has 0 bridgehead atoms. The SMILES string of the molecule is Cn1c2ccccc2c2cc(N(c3cc4c(c5ccccc35)-c3ccc(-c5ccccc5)cc3C4(C)C)c3cccc4c3sc3ccccc34)ccc21. The monoisotopic (exact) mass is 696 g/mol. The molecule has 11 rings (SSSR count). The van der Waals surface area contributed by atoms with Gasteiger partial charge < -0.3 is 9.47 Å². The van der Waals surface area contributed by atoms with Gasteiger partial charge in [-0.05, 0) is 87.3 Å². The predicted molar refractivity (Wildman–Crippen MR) is 229 cm³/mol. The fourth-order valence-electron chi connectivity index (χ4n) is 9.17. The quantitative estimate of drug-likeness (QED) is 0.178. The van der Waals surface area contributed by atoms with Crippen LogP contribution in [0.1, 0.15) is 25.0 Å². The average Bonchev–Trinajstić information content (AvgIpc) is 3.80. The highest BCUT2D eigenvalue weighted by Crippen LogP contribution is 2.56. The number of hydrogen-bond donors (Lipinski definition) is 0. The van der Waals surface area contributed by atoms with Crippen LogP contribution in [0.15, 0.2) is 164 Å². The van der Waals surface area contributed by atoms with Gasteiger partial charge in [-0.1, -0.05) is 129 Å². The molecule has 0 radical (unpaired) electrons. The summed E-state index contributed by atoms with van der Waals surface area (Å²) in [6, 6.07) is 60.9. The molecule has 0 saturated carbocycles. The number of hydrogen-bond acceptors (Lipinski definition) is 2. The predicted octanol–water partition coefficient (Wildman–Crippen LogP) is 14.3. The number of aryl methyl sites for hydroxylation is 1. The Morgan fingerprint density at radius 3 is 2.04 bits per heavy atom. The first-order chi connectivity index (χ1) is 26.0. The summed E-state index contributed by atoms with van der Waals surface area (Å²) < 4.78 is 4.93. The first-order valence-electron chi connectivity index (χ1n) is 18.4. The summed E-state index contributed by atoms with van der Waals surface area (Å²) in [4.78, 5) is 2.55. The summed E-state index contributed by atoms with van der Waals surface area (Å²) in [5.41, 5.74) is 13.8. The Morgan fingerprint density at radius 1 is 0.491 bits per heavy atom. The van der Waals surface area contributed by atoms with Crippen LogP contribution in [0.2, 0.25) is 0 Å². The van der Waals surface area contributed by atoms with Crippen LogP contribution in [0.3, 0.4) is 0 Å². The molecule has 8 aromatic carbocycles. The van der Waals surface area contributed by atoms with Crippen molar-refractivity contribution in [2.45, 2.75) is 19.3 Å². The minimum absolute atomic E-state index is 0.205. The van der Waals surface area contributed by atoms with Crippen LogP contribution in [-0.4, -0.2) is 4.57 Å². The van der Waals surface area contributed by atoms with Crippen molar-refractivity contribution in [3.63, 3.8) is 0 Å². The Morgan fingerprint density at radius 2 is 1.19 bits per heavy atom. The van der Waals surface area contributed by atoms with Crippen LogP contribution in [0.5, 0.6) is 0 Å². The van der Waals surface area contributed by atoms with E-state index in [1.807, 2.05) is 11.3 Å². The van der Waals surface area contributed by atoms with Gasteiger partial charge in [-0.3, -0.25) is 0 Å². The van der Waals surface area contributed by atoms with Crippen molar-refractivity contribution in [2.75, 3.05) is 4.90 Å². The summed E-state index contributed by atoms with van der Waals surface area (Å²) in [5.74, 6) is 0. The highest BCUT2D eigenvalue weighted by molar-refractivity contribution is 7.26. The summed E-state index contributed by atoms with van der Waals surface area (Å²) in [7, 11) is 2.18. The van der Waals surface area contributed by atoms with Crippen LogP contribution in [0, 0.1) is 0 Å². The Hall–Kier alpha value is -6.16. The first kappa shape index (κ1) is 30.5. The van der Waals surface area contributed by atoms with Crippen LogP contribution in [-0.2, 0) is 12.5 Å². The Bertz CT molecular complexity index is 3110. The van der Waals surface area contributed by atoms with Crippen molar-refractivity contribution < 1.29 is 0 Å². The summed E-state index contributed by atoms with van der Waals surface area (Å²) in [5, 5.41) is 7.68. The third-order valence-corrected chi connectivity index (χ3v) is 13.0. The molecule has 3 heteroatoms.